The van der Waals surface area contributed by atoms with Gasteiger partial charge in [0.2, 0.25) is 0 Å². The Morgan fingerprint density at radius 2 is 2.12 bits per heavy atom. The van der Waals surface area contributed by atoms with Crippen molar-refractivity contribution in [3.05, 3.63) is 46.2 Å². The highest BCUT2D eigenvalue weighted by Gasteiger charge is 2.01. The summed E-state index contributed by atoms with van der Waals surface area (Å²) in [5.74, 6) is 0. The third-order valence-electron chi connectivity index (χ3n) is 2.14. The Balaban J connectivity index is 1.94. The van der Waals surface area contributed by atoms with Crippen LogP contribution in [0.1, 0.15) is 16.3 Å². The van der Waals surface area contributed by atoms with Gasteiger partial charge in [0, 0.05) is 24.2 Å². The molecule has 0 atom stereocenters. The summed E-state index contributed by atoms with van der Waals surface area (Å²) in [7, 11) is 0. The molecule has 1 N–H and O–H groups in total. The zero-order valence-electron chi connectivity index (χ0n) is 8.58. The van der Waals surface area contributed by atoms with E-state index < -0.39 is 0 Å². The average Bonchev–Trinajstić information content (AvgIpc) is 2.76. The summed E-state index contributed by atoms with van der Waals surface area (Å²) in [5, 5.41) is 14.2. The van der Waals surface area contributed by atoms with Gasteiger partial charge in [-0.25, -0.2) is 4.98 Å². The molecule has 4 nitrogen and oxygen atoms in total. The Morgan fingerprint density at radius 3 is 2.88 bits per heavy atom. The van der Waals surface area contributed by atoms with E-state index >= 15 is 0 Å². The van der Waals surface area contributed by atoms with Crippen LogP contribution in [0, 0.1) is 0 Å². The van der Waals surface area contributed by atoms with Crippen molar-refractivity contribution in [2.24, 2.45) is 5.16 Å². The van der Waals surface area contributed by atoms with E-state index in [2.05, 4.69) is 15.1 Å². The Morgan fingerprint density at radius 1 is 1.31 bits per heavy atom. The molecule has 0 saturated heterocycles. The van der Waals surface area contributed by atoms with Crippen LogP contribution in [-0.4, -0.2) is 21.4 Å². The summed E-state index contributed by atoms with van der Waals surface area (Å²) in [6.45, 7) is 0. The average molecular weight is 233 g/mol. The van der Waals surface area contributed by atoms with Gasteiger partial charge in [-0.1, -0.05) is 5.16 Å². The molecule has 0 radical (unpaired) electrons. The fourth-order valence-electron chi connectivity index (χ4n) is 1.36. The van der Waals surface area contributed by atoms with Crippen LogP contribution in [0.3, 0.4) is 0 Å². The Labute approximate surface area is 97.3 Å². The van der Waals surface area contributed by atoms with E-state index in [9.17, 15) is 0 Å². The molecule has 2 rings (SSSR count). The van der Waals surface area contributed by atoms with Crippen molar-refractivity contribution in [2.75, 3.05) is 0 Å². The van der Waals surface area contributed by atoms with Crippen LogP contribution in [0.2, 0.25) is 0 Å². The predicted molar refractivity (Wildman–Crippen MR) is 63.1 cm³/mol. The minimum atomic E-state index is 0.706. The van der Waals surface area contributed by atoms with Crippen molar-refractivity contribution in [3.63, 3.8) is 0 Å². The zero-order valence-corrected chi connectivity index (χ0v) is 9.39. The Hall–Kier alpha value is -1.75. The molecule has 0 aliphatic rings. The van der Waals surface area contributed by atoms with E-state index in [1.54, 1.807) is 23.7 Å². The molecule has 16 heavy (non-hydrogen) atoms. The van der Waals surface area contributed by atoms with Crippen LogP contribution in [-0.2, 0) is 12.8 Å². The third kappa shape index (κ3) is 2.87. The second kappa shape index (κ2) is 5.37. The lowest BCUT2D eigenvalue weighted by Gasteiger charge is -1.97. The summed E-state index contributed by atoms with van der Waals surface area (Å²) in [6, 6.07) is 4.01. The van der Waals surface area contributed by atoms with Crippen LogP contribution in [0.15, 0.2) is 35.1 Å². The first-order valence-electron chi connectivity index (χ1n) is 4.89. The molecule has 0 amide bonds. The fraction of sp³-hybridized carbons (Fsp3) is 0.182. The Kier molecular flexibility index (Phi) is 3.61. The highest BCUT2D eigenvalue weighted by atomic mass is 32.1. The molecular formula is C11H11N3OS. The van der Waals surface area contributed by atoms with E-state index in [0.717, 1.165) is 17.8 Å². The number of nitrogens with zero attached hydrogens (tertiary/aromatic N) is 3. The van der Waals surface area contributed by atoms with Crippen LogP contribution >= 0.6 is 11.3 Å². The Bertz CT molecular complexity index is 467. The minimum absolute atomic E-state index is 0.706. The van der Waals surface area contributed by atoms with Crippen LogP contribution in [0.25, 0.3) is 0 Å². The second-order valence-electron chi connectivity index (χ2n) is 3.27. The monoisotopic (exact) mass is 233 g/mol. The lowest BCUT2D eigenvalue weighted by atomic mass is 10.1. The summed E-state index contributed by atoms with van der Waals surface area (Å²) in [5.41, 5.74) is 1.96. The lowest BCUT2D eigenvalue weighted by Crippen LogP contribution is -1.91. The zero-order chi connectivity index (χ0) is 11.2. The van der Waals surface area contributed by atoms with Gasteiger partial charge in [0.15, 0.2) is 0 Å². The predicted octanol–water partition coefficient (Wildman–Crippen LogP) is 2.13. The van der Waals surface area contributed by atoms with Crippen molar-refractivity contribution in [2.45, 2.75) is 12.8 Å². The van der Waals surface area contributed by atoms with Gasteiger partial charge in [-0.15, -0.1) is 11.3 Å². The first-order chi connectivity index (χ1) is 7.88. The van der Waals surface area contributed by atoms with Gasteiger partial charge < -0.3 is 5.21 Å². The number of hydrogen-bond acceptors (Lipinski definition) is 5. The highest BCUT2D eigenvalue weighted by molar-refractivity contribution is 7.09. The molecule has 0 bridgehead atoms. The smallest absolute Gasteiger partial charge is 0.0958 e. The van der Waals surface area contributed by atoms with Gasteiger partial charge in [0.1, 0.15) is 0 Å². The summed E-state index contributed by atoms with van der Waals surface area (Å²) >= 11 is 1.58. The molecule has 0 unspecified atom stereocenters. The maximum Gasteiger partial charge on any atom is 0.0958 e. The van der Waals surface area contributed by atoms with E-state index in [0.29, 0.717) is 5.69 Å². The summed E-state index contributed by atoms with van der Waals surface area (Å²) in [6.07, 6.45) is 6.77. The molecule has 0 aromatic carbocycles. The summed E-state index contributed by atoms with van der Waals surface area (Å²) in [4.78, 5) is 8.28. The first-order valence-corrected chi connectivity index (χ1v) is 5.77. The number of oxime groups is 1. The first kappa shape index (κ1) is 10.8. The van der Waals surface area contributed by atoms with E-state index in [1.807, 2.05) is 17.5 Å². The maximum atomic E-state index is 8.36. The van der Waals surface area contributed by atoms with Gasteiger partial charge in [-0.3, -0.25) is 4.98 Å². The quantitative estimate of drug-likeness (QED) is 0.500. The molecular weight excluding hydrogens is 222 g/mol. The van der Waals surface area contributed by atoms with Crippen molar-refractivity contribution >= 4 is 17.6 Å². The fourth-order valence-corrected chi connectivity index (χ4v) is 2.11. The number of aryl methyl sites for hydroxylation is 2. The van der Waals surface area contributed by atoms with Crippen molar-refractivity contribution < 1.29 is 5.21 Å². The van der Waals surface area contributed by atoms with E-state index in [-0.39, 0.29) is 0 Å². The van der Waals surface area contributed by atoms with E-state index in [4.69, 9.17) is 5.21 Å². The van der Waals surface area contributed by atoms with Crippen LogP contribution in [0.5, 0.6) is 0 Å². The van der Waals surface area contributed by atoms with Gasteiger partial charge >= 0.3 is 0 Å². The van der Waals surface area contributed by atoms with Gasteiger partial charge in [0.05, 0.1) is 16.9 Å². The topological polar surface area (TPSA) is 58.4 Å². The molecule has 0 spiro atoms. The number of pyridine rings is 1. The molecule has 82 valence electrons. The lowest BCUT2D eigenvalue weighted by molar-refractivity contribution is 0.321. The highest BCUT2D eigenvalue weighted by Crippen LogP contribution is 2.11. The van der Waals surface area contributed by atoms with Crippen molar-refractivity contribution in [3.8, 4) is 0 Å². The summed E-state index contributed by atoms with van der Waals surface area (Å²) < 4.78 is 0. The molecule has 2 aromatic heterocycles. The maximum absolute atomic E-state index is 8.36. The molecule has 0 aliphatic heterocycles. The minimum Gasteiger partial charge on any atom is -0.411 e. The molecule has 2 aromatic rings. The second-order valence-corrected chi connectivity index (χ2v) is 4.21. The number of aromatic nitrogens is 2. The van der Waals surface area contributed by atoms with Crippen LogP contribution < -0.4 is 0 Å². The molecule has 5 heteroatoms. The standard InChI is InChI=1S/C11H11N3OS/c15-13-7-10-8-16-11(14-10)2-1-9-3-5-12-6-4-9/h3-8,15H,1-2H2/b13-7+. The normalized spacial score (nSPS) is 11.0. The molecule has 0 aliphatic carbocycles. The largest absolute Gasteiger partial charge is 0.411 e. The molecule has 0 saturated carbocycles. The number of rotatable bonds is 4. The van der Waals surface area contributed by atoms with Crippen molar-refractivity contribution in [1.29, 1.82) is 0 Å². The van der Waals surface area contributed by atoms with Crippen molar-refractivity contribution in [1.82, 2.24) is 9.97 Å². The van der Waals surface area contributed by atoms with Gasteiger partial charge in [-0.2, -0.15) is 0 Å². The molecule has 2 heterocycles. The SMILES string of the molecule is O/N=C/c1csc(CCc2ccncc2)n1. The third-order valence-corrected chi connectivity index (χ3v) is 3.06. The van der Waals surface area contributed by atoms with Gasteiger partial charge in [-0.05, 0) is 24.1 Å². The molecule has 0 fully saturated rings. The number of hydrogen-bond donors (Lipinski definition) is 1. The van der Waals surface area contributed by atoms with Gasteiger partial charge in [0.25, 0.3) is 0 Å². The van der Waals surface area contributed by atoms with E-state index in [1.165, 1.54) is 11.8 Å². The van der Waals surface area contributed by atoms with Crippen LogP contribution in [0.4, 0.5) is 0 Å². The number of thiazole rings is 1.